The molecule has 0 saturated carbocycles. The van der Waals surface area contributed by atoms with Crippen LogP contribution in [0.5, 0.6) is 0 Å². The van der Waals surface area contributed by atoms with E-state index >= 15 is 0 Å². The maximum atomic E-state index is 14.5. The van der Waals surface area contributed by atoms with Gasteiger partial charge in [-0.2, -0.15) is 0 Å². The zero-order valence-electron chi connectivity index (χ0n) is 14.8. The van der Waals surface area contributed by atoms with Gasteiger partial charge in [0.05, 0.1) is 0 Å². The van der Waals surface area contributed by atoms with Gasteiger partial charge >= 0.3 is 0 Å². The summed E-state index contributed by atoms with van der Waals surface area (Å²) in [5, 5.41) is -4.82. The summed E-state index contributed by atoms with van der Waals surface area (Å²) in [6.45, 7) is 4.17. The molecule has 0 aromatic heterocycles. The highest BCUT2D eigenvalue weighted by Gasteiger charge is 2.53. The molecule has 0 atom stereocenters. The van der Waals surface area contributed by atoms with Crippen LogP contribution >= 0.6 is 0 Å². The largest absolute Gasteiger partial charge is 0.204 e. The molecule has 0 aliphatic heterocycles. The Kier molecular flexibility index (Phi) is 5.39. The van der Waals surface area contributed by atoms with E-state index in [9.17, 15) is 43.9 Å². The Morgan fingerprint density at radius 3 is 0.786 bits per heavy atom. The van der Waals surface area contributed by atoms with E-state index in [0.29, 0.717) is 0 Å². The van der Waals surface area contributed by atoms with Crippen LogP contribution in [0.3, 0.4) is 0 Å². The topological polar surface area (TPSA) is 0 Å². The number of halogens is 10. The van der Waals surface area contributed by atoms with Crippen molar-refractivity contribution >= 4 is 18.4 Å². The molecule has 0 bridgehead atoms. The smallest absolute Gasteiger partial charge is 0.200 e. The van der Waals surface area contributed by atoms with Crippen LogP contribution in [0.1, 0.15) is 20.8 Å². The van der Waals surface area contributed by atoms with E-state index < -0.39 is 81.7 Å². The maximum Gasteiger partial charge on any atom is 0.200 e. The molecule has 0 N–H and O–H groups in total. The predicted octanol–water partition coefficient (Wildman–Crippen LogP) is 5.07. The third-order valence-corrected chi connectivity index (χ3v) is 10.8. The lowest BCUT2D eigenvalue weighted by molar-refractivity contribution is 0.380. The van der Waals surface area contributed by atoms with Gasteiger partial charge in [0.1, 0.15) is 8.07 Å². The van der Waals surface area contributed by atoms with Crippen LogP contribution in [-0.4, -0.2) is 8.07 Å². The van der Waals surface area contributed by atoms with Crippen molar-refractivity contribution in [3.8, 4) is 0 Å². The third-order valence-electron chi connectivity index (χ3n) is 4.92. The molecule has 2 aromatic rings. The lowest BCUT2D eigenvalue weighted by Crippen LogP contribution is -2.66. The summed E-state index contributed by atoms with van der Waals surface area (Å²) in [7, 11) is -4.85. The van der Waals surface area contributed by atoms with Gasteiger partial charge in [-0.25, -0.2) is 43.9 Å². The van der Waals surface area contributed by atoms with Crippen molar-refractivity contribution in [3.05, 3.63) is 58.2 Å². The average molecular weight is 434 g/mol. The van der Waals surface area contributed by atoms with Crippen molar-refractivity contribution in [1.82, 2.24) is 0 Å². The lowest BCUT2D eigenvalue weighted by Gasteiger charge is -2.41. The molecule has 11 heteroatoms. The normalized spacial score (nSPS) is 12.6. The highest BCUT2D eigenvalue weighted by atomic mass is 28.3. The van der Waals surface area contributed by atoms with Crippen LogP contribution in [0.15, 0.2) is 0 Å². The Bertz CT molecular complexity index is 850. The molecule has 2 rings (SSSR count). The fourth-order valence-electron chi connectivity index (χ4n) is 2.96. The first-order valence-electron chi connectivity index (χ1n) is 7.64. The monoisotopic (exact) mass is 434 g/mol. The second-order valence-corrected chi connectivity index (χ2v) is 12.0. The Morgan fingerprint density at radius 2 is 0.607 bits per heavy atom. The van der Waals surface area contributed by atoms with E-state index in [-0.39, 0.29) is 0 Å². The van der Waals surface area contributed by atoms with Crippen LogP contribution < -0.4 is 10.4 Å². The summed E-state index contributed by atoms with van der Waals surface area (Å²) in [5.74, 6) is -24.1. The van der Waals surface area contributed by atoms with E-state index in [0.717, 1.165) is 27.3 Å². The molecule has 0 fully saturated rings. The second kappa shape index (κ2) is 6.78. The first-order valence-corrected chi connectivity index (χ1v) is 10.1. The van der Waals surface area contributed by atoms with Crippen molar-refractivity contribution in [2.24, 2.45) is 0 Å². The molecule has 0 spiro atoms. The van der Waals surface area contributed by atoms with E-state index in [2.05, 4.69) is 0 Å². The first-order chi connectivity index (χ1) is 12.6. The van der Waals surface area contributed by atoms with E-state index in [1.807, 2.05) is 0 Å². The third kappa shape index (κ3) is 2.82. The fraction of sp³-hybridized carbons (Fsp3) is 0.294. The molecular weight excluding hydrogens is 422 g/mol. The highest BCUT2D eigenvalue weighted by Crippen LogP contribution is 2.39. The minimum atomic E-state index is -4.85. The number of hydrogen-bond acceptors (Lipinski definition) is 0. The van der Waals surface area contributed by atoms with Crippen LogP contribution in [-0.2, 0) is 0 Å². The molecule has 0 nitrogen and oxygen atoms in total. The summed E-state index contributed by atoms with van der Waals surface area (Å²) in [6.07, 6.45) is 0. The summed E-state index contributed by atoms with van der Waals surface area (Å²) in [5.41, 5.74) is 0. The fourth-order valence-corrected chi connectivity index (χ4v) is 6.91. The van der Waals surface area contributed by atoms with Crippen molar-refractivity contribution in [2.75, 3.05) is 0 Å². The number of benzene rings is 2. The van der Waals surface area contributed by atoms with Crippen molar-refractivity contribution in [3.63, 3.8) is 0 Å². The highest BCUT2D eigenvalue weighted by molar-refractivity contribution is 7.03. The van der Waals surface area contributed by atoms with Crippen LogP contribution in [0.4, 0.5) is 43.9 Å². The first kappa shape index (κ1) is 22.2. The van der Waals surface area contributed by atoms with Crippen molar-refractivity contribution < 1.29 is 43.9 Å². The molecule has 0 saturated heterocycles. The average Bonchev–Trinajstić information content (AvgIpc) is 2.60. The molecule has 2 aromatic carbocycles. The molecule has 0 heterocycles. The van der Waals surface area contributed by atoms with Crippen molar-refractivity contribution in [1.29, 1.82) is 0 Å². The minimum Gasteiger partial charge on any atom is -0.204 e. The van der Waals surface area contributed by atoms with Crippen LogP contribution in [0.2, 0.25) is 11.6 Å². The molecule has 0 unspecified atom stereocenters. The van der Waals surface area contributed by atoms with Gasteiger partial charge in [-0.1, -0.05) is 27.3 Å². The Morgan fingerprint density at radius 1 is 0.429 bits per heavy atom. The van der Waals surface area contributed by atoms with Crippen LogP contribution in [0.25, 0.3) is 0 Å². The maximum absolute atomic E-state index is 14.5. The lowest BCUT2D eigenvalue weighted by atomic mass is 10.2. The van der Waals surface area contributed by atoms with Crippen molar-refractivity contribution in [2.45, 2.75) is 32.4 Å². The SMILES string of the molecule is CC(C)(C)[Si](C)(c1c(F)c(F)c(F)c(F)c1F)c1c(F)c(F)c(F)c(F)c1F. The zero-order chi connectivity index (χ0) is 21.9. The summed E-state index contributed by atoms with van der Waals surface area (Å²) in [6, 6.07) is 0. The van der Waals surface area contributed by atoms with E-state index in [1.54, 1.807) is 0 Å². The molecule has 0 radical (unpaired) electrons. The molecule has 0 amide bonds. The van der Waals surface area contributed by atoms with Gasteiger partial charge < -0.3 is 0 Å². The minimum absolute atomic E-state index is 0.767. The standard InChI is InChI=1S/C17H12F10Si/c1-17(2,3)28(4,15-11(24)7(20)5(18)8(21)12(15)25)16-13(26)9(22)6(19)10(23)14(16)27/h1-4H3. The molecule has 0 aliphatic rings. The van der Waals surface area contributed by atoms with E-state index in [1.165, 1.54) is 0 Å². The predicted molar refractivity (Wildman–Crippen MR) is 83.1 cm³/mol. The molecular formula is C17H12F10Si. The quantitative estimate of drug-likeness (QED) is 0.268. The van der Waals surface area contributed by atoms with Gasteiger partial charge in [0, 0.05) is 10.4 Å². The molecule has 0 aliphatic carbocycles. The Balaban J connectivity index is 3.17. The van der Waals surface area contributed by atoms with Gasteiger partial charge in [-0.15, -0.1) is 0 Å². The van der Waals surface area contributed by atoms with Gasteiger partial charge in [-0.05, 0) is 5.04 Å². The Hall–Kier alpha value is -2.04. The number of hydrogen-bond donors (Lipinski definition) is 0. The van der Waals surface area contributed by atoms with Gasteiger partial charge in [0.15, 0.2) is 46.5 Å². The molecule has 154 valence electrons. The van der Waals surface area contributed by atoms with Crippen LogP contribution in [0, 0.1) is 58.2 Å². The second-order valence-electron chi connectivity index (χ2n) is 7.26. The summed E-state index contributed by atoms with van der Waals surface area (Å²) in [4.78, 5) is 0. The zero-order valence-corrected chi connectivity index (χ0v) is 15.8. The van der Waals surface area contributed by atoms with Gasteiger partial charge in [-0.3, -0.25) is 0 Å². The van der Waals surface area contributed by atoms with E-state index in [4.69, 9.17) is 0 Å². The Labute approximate surface area is 153 Å². The summed E-state index contributed by atoms with van der Waals surface area (Å²) < 4.78 is 140. The summed E-state index contributed by atoms with van der Waals surface area (Å²) >= 11 is 0. The van der Waals surface area contributed by atoms with Gasteiger partial charge in [0.2, 0.25) is 11.6 Å². The number of rotatable bonds is 2. The molecule has 28 heavy (non-hydrogen) atoms. The van der Waals surface area contributed by atoms with Gasteiger partial charge in [0.25, 0.3) is 0 Å².